The third kappa shape index (κ3) is 3.34. The molecule has 4 rings (SSSR count). The molecule has 0 atom stereocenters. The van der Waals surface area contributed by atoms with E-state index in [4.69, 9.17) is 4.74 Å². The highest BCUT2D eigenvalue weighted by Crippen LogP contribution is 2.36. The summed E-state index contributed by atoms with van der Waals surface area (Å²) in [6.07, 6.45) is 1.80. The number of ether oxygens (including phenoxy) is 1. The summed E-state index contributed by atoms with van der Waals surface area (Å²) in [6.45, 7) is 3.78. The fourth-order valence-corrected chi connectivity index (χ4v) is 3.70. The van der Waals surface area contributed by atoms with Crippen LogP contribution in [0.5, 0.6) is 0 Å². The second-order valence-electron chi connectivity index (χ2n) is 6.78. The summed E-state index contributed by atoms with van der Waals surface area (Å²) >= 11 is 0. The Kier molecular flexibility index (Phi) is 5.00. The van der Waals surface area contributed by atoms with Gasteiger partial charge in [0.25, 0.3) is 5.91 Å². The Morgan fingerprint density at radius 3 is 2.41 bits per heavy atom. The lowest BCUT2D eigenvalue weighted by Crippen LogP contribution is -2.24. The molecule has 0 N–H and O–H groups in total. The summed E-state index contributed by atoms with van der Waals surface area (Å²) < 4.78 is 5.27. The maximum atomic E-state index is 13.4. The Morgan fingerprint density at radius 2 is 1.66 bits per heavy atom. The molecule has 0 aliphatic carbocycles. The molecule has 4 nitrogen and oxygen atoms in total. The first-order chi connectivity index (χ1) is 14.1. The van der Waals surface area contributed by atoms with Gasteiger partial charge in [0.2, 0.25) is 0 Å². The fraction of sp³-hybridized carbons (Fsp3) is 0.120. The number of hydrogen-bond acceptors (Lipinski definition) is 3. The largest absolute Gasteiger partial charge is 0.462 e. The molecule has 0 radical (unpaired) electrons. The molecule has 1 amide bonds. The molecule has 3 aromatic rings. The standard InChI is InChI=1S/C25H21NO3/c1-3-29-25(28)23-17(2)26(20-13-5-4-6-14-20)24(27)22(23)16-19-12-9-11-18-10-7-8-15-21(18)19/h4-16H,3H2,1-2H3. The lowest BCUT2D eigenvalue weighted by Gasteiger charge is -2.17. The molecule has 0 fully saturated rings. The molecule has 0 saturated carbocycles. The Balaban J connectivity index is 1.89. The van der Waals surface area contributed by atoms with Gasteiger partial charge in [0, 0.05) is 11.4 Å². The van der Waals surface area contributed by atoms with Gasteiger partial charge in [-0.2, -0.15) is 0 Å². The maximum Gasteiger partial charge on any atom is 0.340 e. The molecular weight excluding hydrogens is 362 g/mol. The monoisotopic (exact) mass is 383 g/mol. The zero-order valence-electron chi connectivity index (χ0n) is 16.4. The van der Waals surface area contributed by atoms with E-state index >= 15 is 0 Å². The number of para-hydroxylation sites is 1. The van der Waals surface area contributed by atoms with Crippen molar-refractivity contribution < 1.29 is 14.3 Å². The van der Waals surface area contributed by atoms with Gasteiger partial charge in [-0.05, 0) is 48.4 Å². The van der Waals surface area contributed by atoms with Crippen molar-refractivity contribution >= 4 is 34.4 Å². The van der Waals surface area contributed by atoms with Crippen LogP contribution in [0.15, 0.2) is 89.6 Å². The fourth-order valence-electron chi connectivity index (χ4n) is 3.70. The van der Waals surface area contributed by atoms with Gasteiger partial charge in [0.1, 0.15) is 0 Å². The second kappa shape index (κ2) is 7.76. The number of rotatable bonds is 4. The number of benzene rings is 3. The van der Waals surface area contributed by atoms with Crippen molar-refractivity contribution in [3.63, 3.8) is 0 Å². The predicted molar refractivity (Wildman–Crippen MR) is 115 cm³/mol. The van der Waals surface area contributed by atoms with E-state index < -0.39 is 5.97 Å². The van der Waals surface area contributed by atoms with Crippen LogP contribution in [-0.2, 0) is 14.3 Å². The summed E-state index contributed by atoms with van der Waals surface area (Å²) in [6, 6.07) is 23.2. The van der Waals surface area contributed by atoms with E-state index in [1.165, 1.54) is 0 Å². The molecule has 1 aliphatic rings. The van der Waals surface area contributed by atoms with Gasteiger partial charge in [0.15, 0.2) is 0 Å². The SMILES string of the molecule is CCOC(=O)C1=C(C)N(c2ccccc2)C(=O)C1=Cc1cccc2ccccc12. The van der Waals surface area contributed by atoms with Crippen LogP contribution >= 0.6 is 0 Å². The number of esters is 1. The zero-order valence-corrected chi connectivity index (χ0v) is 16.4. The van der Waals surface area contributed by atoms with Crippen LogP contribution in [0, 0.1) is 0 Å². The van der Waals surface area contributed by atoms with E-state index in [-0.39, 0.29) is 12.5 Å². The quantitative estimate of drug-likeness (QED) is 0.465. The highest BCUT2D eigenvalue weighted by Gasteiger charge is 2.38. The van der Waals surface area contributed by atoms with E-state index in [0.717, 1.165) is 22.0 Å². The molecular formula is C25H21NO3. The number of carbonyl (C=O) groups is 2. The zero-order chi connectivity index (χ0) is 20.4. The minimum Gasteiger partial charge on any atom is -0.462 e. The number of nitrogens with zero attached hydrogens (tertiary/aromatic N) is 1. The average Bonchev–Trinajstić information content (AvgIpc) is 2.98. The van der Waals surface area contributed by atoms with Crippen LogP contribution in [-0.4, -0.2) is 18.5 Å². The van der Waals surface area contributed by atoms with E-state index in [0.29, 0.717) is 16.8 Å². The van der Waals surface area contributed by atoms with Crippen molar-refractivity contribution in [3.05, 3.63) is 95.2 Å². The van der Waals surface area contributed by atoms with Gasteiger partial charge in [-0.1, -0.05) is 60.7 Å². The molecule has 1 aliphatic heterocycles. The van der Waals surface area contributed by atoms with Crippen LogP contribution < -0.4 is 4.90 Å². The van der Waals surface area contributed by atoms with E-state index in [1.54, 1.807) is 24.8 Å². The van der Waals surface area contributed by atoms with E-state index in [1.807, 2.05) is 72.8 Å². The van der Waals surface area contributed by atoms with E-state index in [9.17, 15) is 9.59 Å². The molecule has 29 heavy (non-hydrogen) atoms. The second-order valence-corrected chi connectivity index (χ2v) is 6.78. The summed E-state index contributed by atoms with van der Waals surface area (Å²) in [4.78, 5) is 27.7. The van der Waals surface area contributed by atoms with Gasteiger partial charge in [-0.3, -0.25) is 9.69 Å². The molecule has 3 aromatic carbocycles. The van der Waals surface area contributed by atoms with Crippen molar-refractivity contribution in [2.75, 3.05) is 11.5 Å². The Morgan fingerprint density at radius 1 is 0.966 bits per heavy atom. The average molecular weight is 383 g/mol. The van der Waals surface area contributed by atoms with Crippen LogP contribution in [0.4, 0.5) is 5.69 Å². The van der Waals surface area contributed by atoms with Crippen LogP contribution in [0.25, 0.3) is 16.8 Å². The summed E-state index contributed by atoms with van der Waals surface area (Å²) in [7, 11) is 0. The van der Waals surface area contributed by atoms with Gasteiger partial charge < -0.3 is 4.74 Å². The number of hydrogen-bond donors (Lipinski definition) is 0. The van der Waals surface area contributed by atoms with Gasteiger partial charge in [-0.15, -0.1) is 0 Å². The topological polar surface area (TPSA) is 46.6 Å². The molecule has 0 saturated heterocycles. The predicted octanol–water partition coefficient (Wildman–Crippen LogP) is 5.11. The van der Waals surface area contributed by atoms with Crippen molar-refractivity contribution in [1.29, 1.82) is 0 Å². The molecule has 0 unspecified atom stereocenters. The van der Waals surface area contributed by atoms with Crippen LogP contribution in [0.3, 0.4) is 0 Å². The van der Waals surface area contributed by atoms with E-state index in [2.05, 4.69) is 0 Å². The maximum absolute atomic E-state index is 13.4. The number of allylic oxidation sites excluding steroid dienone is 1. The third-order valence-corrected chi connectivity index (χ3v) is 5.02. The normalized spacial score (nSPS) is 15.4. The van der Waals surface area contributed by atoms with Crippen molar-refractivity contribution in [2.24, 2.45) is 0 Å². The van der Waals surface area contributed by atoms with Crippen LogP contribution in [0.1, 0.15) is 19.4 Å². The number of fused-ring (bicyclic) bond motifs is 1. The molecule has 0 spiro atoms. The Hall–Kier alpha value is -3.66. The van der Waals surface area contributed by atoms with Gasteiger partial charge >= 0.3 is 5.97 Å². The first-order valence-corrected chi connectivity index (χ1v) is 9.59. The number of carbonyl (C=O) groups excluding carboxylic acids is 2. The van der Waals surface area contributed by atoms with Crippen molar-refractivity contribution in [2.45, 2.75) is 13.8 Å². The van der Waals surface area contributed by atoms with Crippen molar-refractivity contribution in [1.82, 2.24) is 0 Å². The smallest absolute Gasteiger partial charge is 0.340 e. The first-order valence-electron chi connectivity index (χ1n) is 9.59. The Labute approximate surface area is 169 Å². The lowest BCUT2D eigenvalue weighted by molar-refractivity contribution is -0.138. The minimum absolute atomic E-state index is 0.232. The molecule has 0 bridgehead atoms. The van der Waals surface area contributed by atoms with Crippen LogP contribution in [0.2, 0.25) is 0 Å². The molecule has 4 heteroatoms. The molecule has 1 heterocycles. The van der Waals surface area contributed by atoms with Gasteiger partial charge in [-0.25, -0.2) is 4.79 Å². The van der Waals surface area contributed by atoms with Crippen molar-refractivity contribution in [3.8, 4) is 0 Å². The number of amides is 1. The minimum atomic E-state index is -0.483. The summed E-state index contributed by atoms with van der Waals surface area (Å²) in [5.41, 5.74) is 2.84. The third-order valence-electron chi connectivity index (χ3n) is 5.02. The molecule has 0 aromatic heterocycles. The Bertz CT molecular complexity index is 1150. The molecule has 144 valence electrons. The highest BCUT2D eigenvalue weighted by atomic mass is 16.5. The number of anilines is 1. The van der Waals surface area contributed by atoms with Gasteiger partial charge in [0.05, 0.1) is 17.8 Å². The summed E-state index contributed by atoms with van der Waals surface area (Å²) in [5.74, 6) is -0.715. The summed E-state index contributed by atoms with van der Waals surface area (Å²) in [5, 5.41) is 2.10. The lowest BCUT2D eigenvalue weighted by atomic mass is 9.99. The first kappa shape index (κ1) is 18.7. The highest BCUT2D eigenvalue weighted by molar-refractivity contribution is 6.24.